The van der Waals surface area contributed by atoms with E-state index in [-0.39, 0.29) is 5.56 Å². The minimum absolute atomic E-state index is 0.194. The largest absolute Gasteiger partial charge is 0.496 e. The second kappa shape index (κ2) is 4.94. The Kier molecular flexibility index (Phi) is 3.84. The topological polar surface area (TPSA) is 72.6 Å². The van der Waals surface area contributed by atoms with Crippen LogP contribution in [0.3, 0.4) is 0 Å². The zero-order valence-electron chi connectivity index (χ0n) is 9.16. The van der Waals surface area contributed by atoms with Crippen LogP contribution >= 0.6 is 0 Å². The number of hydrogen-bond donors (Lipinski definition) is 2. The number of nitrogens with two attached hydrogens (primary N) is 1. The second-order valence-electron chi connectivity index (χ2n) is 3.35. The fourth-order valence-electron chi connectivity index (χ4n) is 1.48. The van der Waals surface area contributed by atoms with Crippen LogP contribution in [-0.2, 0) is 11.2 Å². The highest BCUT2D eigenvalue weighted by Gasteiger charge is 2.18. The van der Waals surface area contributed by atoms with Crippen LogP contribution < -0.4 is 10.5 Å². The Morgan fingerprint density at radius 2 is 2.25 bits per heavy atom. The molecule has 1 aromatic carbocycles. The smallest absolute Gasteiger partial charge is 0.325 e. The van der Waals surface area contributed by atoms with Gasteiger partial charge in [0.05, 0.1) is 7.11 Å². The van der Waals surface area contributed by atoms with Crippen molar-refractivity contribution in [3.05, 3.63) is 29.1 Å². The average Bonchev–Trinajstić information content (AvgIpc) is 2.26. The van der Waals surface area contributed by atoms with Crippen LogP contribution in [0.4, 0.5) is 4.39 Å². The van der Waals surface area contributed by atoms with E-state index in [0.29, 0.717) is 17.7 Å². The second-order valence-corrected chi connectivity index (χ2v) is 3.35. The third kappa shape index (κ3) is 2.30. The summed E-state index contributed by atoms with van der Waals surface area (Å²) < 4.78 is 18.6. The molecule has 16 heavy (non-hydrogen) atoms. The Bertz CT molecular complexity index is 406. The molecule has 1 atom stereocenters. The number of carboxylic acid groups (broad SMARTS) is 1. The normalized spacial score (nSPS) is 12.2. The molecule has 5 heteroatoms. The van der Waals surface area contributed by atoms with Crippen molar-refractivity contribution in [2.24, 2.45) is 5.73 Å². The van der Waals surface area contributed by atoms with Gasteiger partial charge in [-0.3, -0.25) is 4.79 Å². The zero-order valence-corrected chi connectivity index (χ0v) is 9.16. The third-order valence-electron chi connectivity index (χ3n) is 2.38. The zero-order chi connectivity index (χ0) is 12.3. The minimum atomic E-state index is -1.24. The number of rotatable bonds is 4. The maximum atomic E-state index is 13.6. The van der Waals surface area contributed by atoms with Crippen LogP contribution in [0.15, 0.2) is 12.1 Å². The Labute approximate surface area is 92.8 Å². The van der Waals surface area contributed by atoms with Gasteiger partial charge in [-0.05, 0) is 24.1 Å². The summed E-state index contributed by atoms with van der Waals surface area (Å²) in [7, 11) is 1.41. The lowest BCUT2D eigenvalue weighted by atomic mass is 10.0. The predicted octanol–water partition coefficient (Wildman–Crippen LogP) is 1.48. The van der Waals surface area contributed by atoms with Gasteiger partial charge < -0.3 is 15.6 Å². The van der Waals surface area contributed by atoms with E-state index < -0.39 is 17.8 Å². The summed E-state index contributed by atoms with van der Waals surface area (Å²) in [5.41, 5.74) is 6.01. The van der Waals surface area contributed by atoms with E-state index in [1.54, 1.807) is 6.92 Å². The lowest BCUT2D eigenvalue weighted by molar-refractivity contribution is -0.138. The van der Waals surface area contributed by atoms with Gasteiger partial charge in [0, 0.05) is 5.56 Å². The molecule has 0 aliphatic carbocycles. The highest BCUT2D eigenvalue weighted by Crippen LogP contribution is 2.26. The van der Waals surface area contributed by atoms with Crippen molar-refractivity contribution in [3.63, 3.8) is 0 Å². The maximum Gasteiger partial charge on any atom is 0.325 e. The number of methoxy groups -OCH3 is 1. The minimum Gasteiger partial charge on any atom is -0.496 e. The van der Waals surface area contributed by atoms with Crippen molar-refractivity contribution in [1.29, 1.82) is 0 Å². The first kappa shape index (κ1) is 12.4. The summed E-state index contributed by atoms with van der Waals surface area (Å²) in [4.78, 5) is 10.7. The van der Waals surface area contributed by atoms with Crippen molar-refractivity contribution in [2.45, 2.75) is 19.4 Å². The van der Waals surface area contributed by atoms with Crippen molar-refractivity contribution < 1.29 is 19.0 Å². The van der Waals surface area contributed by atoms with Crippen molar-refractivity contribution >= 4 is 5.97 Å². The number of carbonyl (C=O) groups is 1. The van der Waals surface area contributed by atoms with Crippen LogP contribution in [0.1, 0.15) is 24.1 Å². The van der Waals surface area contributed by atoms with E-state index in [9.17, 15) is 9.18 Å². The van der Waals surface area contributed by atoms with Gasteiger partial charge in [-0.25, -0.2) is 4.39 Å². The summed E-state index contributed by atoms with van der Waals surface area (Å²) in [5, 5.41) is 8.73. The molecule has 0 radical (unpaired) electrons. The molecule has 0 aromatic heterocycles. The number of halogens is 1. The maximum absolute atomic E-state index is 13.6. The number of ether oxygens (including phenoxy) is 1. The number of aliphatic carboxylic acids is 1. The van der Waals surface area contributed by atoms with Crippen LogP contribution in [0.25, 0.3) is 0 Å². The van der Waals surface area contributed by atoms with Crippen molar-refractivity contribution in [1.82, 2.24) is 0 Å². The summed E-state index contributed by atoms with van der Waals surface area (Å²) >= 11 is 0. The van der Waals surface area contributed by atoms with Gasteiger partial charge in [-0.15, -0.1) is 0 Å². The number of carboxylic acids is 1. The van der Waals surface area contributed by atoms with E-state index >= 15 is 0 Å². The fourth-order valence-corrected chi connectivity index (χ4v) is 1.48. The summed E-state index contributed by atoms with van der Waals surface area (Å²) in [6.07, 6.45) is 0.470. The van der Waals surface area contributed by atoms with E-state index in [1.807, 2.05) is 0 Å². The molecule has 0 heterocycles. The van der Waals surface area contributed by atoms with E-state index in [4.69, 9.17) is 15.6 Å². The van der Waals surface area contributed by atoms with Crippen LogP contribution in [0.5, 0.6) is 5.75 Å². The molecule has 0 spiro atoms. The van der Waals surface area contributed by atoms with Gasteiger partial charge in [0.25, 0.3) is 0 Å². The number of hydrogen-bond acceptors (Lipinski definition) is 3. The Hall–Kier alpha value is -1.62. The molecular formula is C11H14FNO3. The first-order chi connectivity index (χ1) is 7.51. The van der Waals surface area contributed by atoms with Crippen LogP contribution in [0, 0.1) is 5.82 Å². The molecule has 0 bridgehead atoms. The van der Waals surface area contributed by atoms with Gasteiger partial charge >= 0.3 is 5.97 Å². The Morgan fingerprint density at radius 3 is 2.69 bits per heavy atom. The van der Waals surface area contributed by atoms with Crippen molar-refractivity contribution in [2.75, 3.05) is 7.11 Å². The van der Waals surface area contributed by atoms with Gasteiger partial charge in [0.2, 0.25) is 0 Å². The van der Waals surface area contributed by atoms with E-state index in [2.05, 4.69) is 0 Å². The molecule has 0 amide bonds. The first-order valence-electron chi connectivity index (χ1n) is 4.86. The predicted molar refractivity (Wildman–Crippen MR) is 56.9 cm³/mol. The van der Waals surface area contributed by atoms with Gasteiger partial charge in [-0.1, -0.05) is 6.92 Å². The quantitative estimate of drug-likeness (QED) is 0.817. The molecule has 4 nitrogen and oxygen atoms in total. The Balaban J connectivity index is 3.25. The molecule has 1 aromatic rings. The summed E-state index contributed by atoms with van der Waals surface area (Å²) in [6, 6.07) is 1.36. The molecule has 0 aliphatic rings. The van der Waals surface area contributed by atoms with Gasteiger partial charge in [0.1, 0.15) is 17.6 Å². The highest BCUT2D eigenvalue weighted by atomic mass is 19.1. The molecule has 0 fully saturated rings. The molecule has 0 saturated carbocycles. The lowest BCUT2D eigenvalue weighted by Crippen LogP contribution is -2.21. The summed E-state index contributed by atoms with van der Waals surface area (Å²) in [6.45, 7) is 1.79. The highest BCUT2D eigenvalue weighted by molar-refractivity contribution is 5.75. The van der Waals surface area contributed by atoms with Gasteiger partial charge in [-0.2, -0.15) is 0 Å². The van der Waals surface area contributed by atoms with Crippen LogP contribution in [0.2, 0.25) is 0 Å². The van der Waals surface area contributed by atoms with Crippen molar-refractivity contribution in [3.8, 4) is 5.75 Å². The standard InChI is InChI=1S/C11H14FNO3/c1-3-7-8(12)4-6(5-9(7)16-2)10(13)11(14)15/h4-5,10H,3,13H2,1-2H3,(H,14,15). The molecule has 3 N–H and O–H groups in total. The molecule has 0 saturated heterocycles. The van der Waals surface area contributed by atoms with E-state index in [0.717, 1.165) is 6.07 Å². The SMILES string of the molecule is CCc1c(F)cc(C(N)C(=O)O)cc1OC. The first-order valence-corrected chi connectivity index (χ1v) is 4.86. The fraction of sp³-hybridized carbons (Fsp3) is 0.364. The summed E-state index contributed by atoms with van der Waals surface area (Å²) in [5.74, 6) is -1.37. The van der Waals surface area contributed by atoms with Crippen LogP contribution in [-0.4, -0.2) is 18.2 Å². The third-order valence-corrected chi connectivity index (χ3v) is 2.38. The average molecular weight is 227 g/mol. The monoisotopic (exact) mass is 227 g/mol. The van der Waals surface area contributed by atoms with E-state index in [1.165, 1.54) is 13.2 Å². The molecular weight excluding hydrogens is 213 g/mol. The number of benzene rings is 1. The molecule has 1 rings (SSSR count). The Morgan fingerprint density at radius 1 is 1.62 bits per heavy atom. The molecule has 0 aliphatic heterocycles. The van der Waals surface area contributed by atoms with Gasteiger partial charge in [0.15, 0.2) is 0 Å². The lowest BCUT2D eigenvalue weighted by Gasteiger charge is -2.13. The molecule has 1 unspecified atom stereocenters. The molecule has 88 valence electrons.